The number of ether oxygens (including phenoxy) is 1. The maximum absolute atomic E-state index is 12.7. The van der Waals surface area contributed by atoms with Crippen LogP contribution >= 0.6 is 22.9 Å². The number of carbonyl (C=O) groups excluding carboxylic acids is 1. The van der Waals surface area contributed by atoms with Crippen LogP contribution < -0.4 is 4.74 Å². The van der Waals surface area contributed by atoms with Crippen LogP contribution in [0.25, 0.3) is 11.3 Å². The standard InChI is InChI=1S/C21H21ClN4O3S/c22-20-17(18-11-30-12-23-18)2-1-3-19(20)29-16-6-13-8-25(9-14(13)7-16)21(28)26-5-4-15(10-27)24-26/h1-5,11-14,16,27H,6-10H2/t13-,14+,16+. The summed E-state index contributed by atoms with van der Waals surface area (Å²) in [6, 6.07) is 7.31. The molecule has 0 bridgehead atoms. The van der Waals surface area contributed by atoms with Crippen molar-refractivity contribution >= 4 is 29.0 Å². The third-order valence-electron chi connectivity index (χ3n) is 5.95. The normalized spacial score (nSPS) is 23.0. The molecule has 3 atom stereocenters. The van der Waals surface area contributed by atoms with Crippen molar-refractivity contribution < 1.29 is 14.6 Å². The lowest BCUT2D eigenvalue weighted by molar-refractivity contribution is 0.179. The molecule has 0 radical (unpaired) electrons. The van der Waals surface area contributed by atoms with Crippen molar-refractivity contribution in [3.8, 4) is 17.0 Å². The van der Waals surface area contributed by atoms with E-state index in [1.807, 2.05) is 28.5 Å². The molecule has 0 spiro atoms. The van der Waals surface area contributed by atoms with Crippen LogP contribution in [0.1, 0.15) is 18.5 Å². The molecule has 1 aliphatic carbocycles. The number of aromatic nitrogens is 3. The SMILES string of the molecule is O=C(N1C[C@H]2C[C@H](Oc3cccc(-c4cscn4)c3Cl)C[C@H]2C1)n1ccc(CO)n1. The quantitative estimate of drug-likeness (QED) is 0.659. The number of amides is 1. The molecule has 5 rings (SSSR count). The largest absolute Gasteiger partial charge is 0.489 e. The van der Waals surface area contributed by atoms with E-state index in [2.05, 4.69) is 10.1 Å². The second-order valence-electron chi connectivity index (χ2n) is 7.82. The first-order valence-electron chi connectivity index (χ1n) is 9.90. The number of hydrogen-bond donors (Lipinski definition) is 1. The Bertz CT molecular complexity index is 1040. The van der Waals surface area contributed by atoms with Gasteiger partial charge in [-0.15, -0.1) is 11.3 Å². The fourth-order valence-corrected chi connectivity index (χ4v) is 5.34. The van der Waals surface area contributed by atoms with Crippen LogP contribution in [0.3, 0.4) is 0 Å². The fourth-order valence-electron chi connectivity index (χ4n) is 4.52. The van der Waals surface area contributed by atoms with Gasteiger partial charge in [-0.2, -0.15) is 9.78 Å². The summed E-state index contributed by atoms with van der Waals surface area (Å²) >= 11 is 8.14. The van der Waals surface area contributed by atoms with Crippen molar-refractivity contribution in [2.24, 2.45) is 11.8 Å². The molecule has 0 unspecified atom stereocenters. The van der Waals surface area contributed by atoms with Crippen LogP contribution in [0.2, 0.25) is 5.02 Å². The maximum atomic E-state index is 12.7. The van der Waals surface area contributed by atoms with Crippen LogP contribution in [0.15, 0.2) is 41.4 Å². The van der Waals surface area contributed by atoms with E-state index in [4.69, 9.17) is 21.4 Å². The zero-order valence-corrected chi connectivity index (χ0v) is 17.7. The first-order chi connectivity index (χ1) is 14.6. The van der Waals surface area contributed by atoms with E-state index < -0.39 is 0 Å². The number of benzene rings is 1. The predicted molar refractivity (Wildman–Crippen MR) is 114 cm³/mol. The van der Waals surface area contributed by atoms with Gasteiger partial charge < -0.3 is 14.7 Å². The number of thiazole rings is 1. The summed E-state index contributed by atoms with van der Waals surface area (Å²) in [6.07, 6.45) is 3.48. The number of carbonyl (C=O) groups is 1. The maximum Gasteiger partial charge on any atom is 0.344 e. The number of likely N-dealkylation sites (tertiary alicyclic amines) is 1. The van der Waals surface area contributed by atoms with Crippen molar-refractivity contribution in [3.63, 3.8) is 0 Å². The van der Waals surface area contributed by atoms with E-state index in [0.29, 0.717) is 41.4 Å². The van der Waals surface area contributed by atoms with Gasteiger partial charge in [0.2, 0.25) is 0 Å². The summed E-state index contributed by atoms with van der Waals surface area (Å²) in [7, 11) is 0. The topological polar surface area (TPSA) is 80.5 Å². The van der Waals surface area contributed by atoms with Gasteiger partial charge in [0.1, 0.15) is 5.75 Å². The van der Waals surface area contributed by atoms with Gasteiger partial charge >= 0.3 is 6.03 Å². The molecule has 1 N–H and O–H groups in total. The second kappa shape index (κ2) is 8.02. The summed E-state index contributed by atoms with van der Waals surface area (Å²) in [5.74, 6) is 1.51. The van der Waals surface area contributed by atoms with Gasteiger partial charge in [-0.1, -0.05) is 23.7 Å². The second-order valence-corrected chi connectivity index (χ2v) is 8.92. The Kier molecular flexibility index (Phi) is 5.22. The molecule has 2 fully saturated rings. The van der Waals surface area contributed by atoms with Gasteiger partial charge in [0.25, 0.3) is 0 Å². The molecule has 3 heterocycles. The van der Waals surface area contributed by atoms with Crippen LogP contribution in [0.5, 0.6) is 5.75 Å². The lowest BCUT2D eigenvalue weighted by Crippen LogP contribution is -2.34. The Balaban J connectivity index is 1.22. The van der Waals surface area contributed by atoms with Crippen molar-refractivity contribution in [1.29, 1.82) is 0 Å². The molecule has 1 aromatic carbocycles. The van der Waals surface area contributed by atoms with Crippen LogP contribution in [-0.4, -0.2) is 50.0 Å². The summed E-state index contributed by atoms with van der Waals surface area (Å²) in [5, 5.41) is 15.8. The molecule has 1 amide bonds. The van der Waals surface area contributed by atoms with E-state index in [1.165, 1.54) is 16.0 Å². The number of halogens is 1. The van der Waals surface area contributed by atoms with Crippen LogP contribution in [0.4, 0.5) is 4.79 Å². The molecule has 7 nitrogen and oxygen atoms in total. The molecular formula is C21H21ClN4O3S. The summed E-state index contributed by atoms with van der Waals surface area (Å²) in [6.45, 7) is 1.23. The predicted octanol–water partition coefficient (Wildman–Crippen LogP) is 3.91. The van der Waals surface area contributed by atoms with Gasteiger partial charge in [-0.05, 0) is 36.8 Å². The lowest BCUT2D eigenvalue weighted by atomic mass is 10.0. The summed E-state index contributed by atoms with van der Waals surface area (Å²) in [5.41, 5.74) is 4.02. The molecule has 1 aliphatic heterocycles. The zero-order chi connectivity index (χ0) is 20.7. The molecule has 1 saturated heterocycles. The third kappa shape index (κ3) is 3.59. The van der Waals surface area contributed by atoms with E-state index in [1.54, 1.807) is 17.8 Å². The Morgan fingerprint density at radius 1 is 1.27 bits per heavy atom. The average Bonchev–Trinajstić information content (AvgIpc) is 3.52. The number of nitrogens with zero attached hydrogens (tertiary/aromatic N) is 4. The van der Waals surface area contributed by atoms with Crippen molar-refractivity contribution in [3.05, 3.63) is 52.1 Å². The molecule has 30 heavy (non-hydrogen) atoms. The van der Waals surface area contributed by atoms with Crippen molar-refractivity contribution in [2.45, 2.75) is 25.6 Å². The Morgan fingerprint density at radius 3 is 2.73 bits per heavy atom. The molecule has 9 heteroatoms. The number of aliphatic hydroxyl groups excluding tert-OH is 1. The molecule has 2 aromatic heterocycles. The minimum atomic E-state index is -0.170. The van der Waals surface area contributed by atoms with Gasteiger partial charge in [-0.3, -0.25) is 0 Å². The monoisotopic (exact) mass is 444 g/mol. The van der Waals surface area contributed by atoms with Crippen molar-refractivity contribution in [1.82, 2.24) is 19.7 Å². The summed E-state index contributed by atoms with van der Waals surface area (Å²) < 4.78 is 7.58. The summed E-state index contributed by atoms with van der Waals surface area (Å²) in [4.78, 5) is 18.9. The highest BCUT2D eigenvalue weighted by molar-refractivity contribution is 7.07. The Morgan fingerprint density at radius 2 is 2.07 bits per heavy atom. The molecule has 2 aliphatic rings. The van der Waals surface area contributed by atoms with E-state index in [9.17, 15) is 4.79 Å². The van der Waals surface area contributed by atoms with Gasteiger partial charge in [-0.25, -0.2) is 9.78 Å². The number of hydrogen-bond acceptors (Lipinski definition) is 6. The van der Waals surface area contributed by atoms with Crippen molar-refractivity contribution in [2.75, 3.05) is 13.1 Å². The first kappa shape index (κ1) is 19.5. The number of aliphatic hydroxyl groups is 1. The van der Waals surface area contributed by atoms with E-state index in [-0.39, 0.29) is 18.7 Å². The highest BCUT2D eigenvalue weighted by Gasteiger charge is 2.43. The Labute approximate surface area is 182 Å². The smallest absolute Gasteiger partial charge is 0.344 e. The van der Waals surface area contributed by atoms with E-state index >= 15 is 0 Å². The van der Waals surface area contributed by atoms with Crippen LogP contribution in [-0.2, 0) is 6.61 Å². The van der Waals surface area contributed by atoms with Gasteiger partial charge in [0.05, 0.1) is 34.6 Å². The van der Waals surface area contributed by atoms with Gasteiger partial charge in [0, 0.05) is 30.2 Å². The first-order valence-corrected chi connectivity index (χ1v) is 11.2. The molecule has 3 aromatic rings. The number of rotatable bonds is 4. The minimum absolute atomic E-state index is 0.0890. The Hall–Kier alpha value is -2.42. The fraction of sp³-hybridized carbons (Fsp3) is 0.381. The average molecular weight is 445 g/mol. The molecule has 156 valence electrons. The van der Waals surface area contributed by atoms with Crippen LogP contribution in [0, 0.1) is 11.8 Å². The highest BCUT2D eigenvalue weighted by Crippen LogP contribution is 2.42. The molecular weight excluding hydrogens is 424 g/mol. The highest BCUT2D eigenvalue weighted by atomic mass is 35.5. The lowest BCUT2D eigenvalue weighted by Gasteiger charge is -2.20. The number of fused-ring (bicyclic) bond motifs is 1. The zero-order valence-electron chi connectivity index (χ0n) is 16.1. The molecule has 1 saturated carbocycles. The third-order valence-corrected chi connectivity index (χ3v) is 6.92. The minimum Gasteiger partial charge on any atom is -0.489 e. The van der Waals surface area contributed by atoms with Gasteiger partial charge in [0.15, 0.2) is 0 Å². The van der Waals surface area contributed by atoms with E-state index in [0.717, 1.165) is 24.1 Å².